The van der Waals surface area contributed by atoms with Gasteiger partial charge in [0.2, 0.25) is 0 Å². The molecule has 0 aromatic heterocycles. The molecule has 0 saturated carbocycles. The van der Waals surface area contributed by atoms with Crippen molar-refractivity contribution in [1.82, 2.24) is 0 Å². The number of carbonyl (C=O) groups excluding carboxylic acids is 1. The number of fused-ring (bicyclic) bond motifs is 1. The minimum absolute atomic E-state index is 0.0667. The number of hydrogen-bond donors (Lipinski definition) is 1. The highest BCUT2D eigenvalue weighted by Gasteiger charge is 2.33. The zero-order valence-corrected chi connectivity index (χ0v) is 6.86. The highest BCUT2D eigenvalue weighted by molar-refractivity contribution is 6.05. The van der Waals surface area contributed by atoms with Crippen molar-refractivity contribution in [2.75, 3.05) is 0 Å². The summed E-state index contributed by atoms with van der Waals surface area (Å²) >= 11 is 0. The highest BCUT2D eigenvalue weighted by Crippen LogP contribution is 2.32. The van der Waals surface area contributed by atoms with Crippen molar-refractivity contribution in [3.63, 3.8) is 0 Å². The molecule has 0 unspecified atom stereocenters. The second kappa shape index (κ2) is 2.69. The average Bonchev–Trinajstić information content (AvgIpc) is 2.45. The third-order valence-electron chi connectivity index (χ3n) is 2.32. The van der Waals surface area contributed by atoms with Crippen molar-refractivity contribution >= 4 is 11.8 Å². The summed E-state index contributed by atoms with van der Waals surface area (Å²) in [6.07, 6.45) is 0.106. The lowest BCUT2D eigenvalue weighted by atomic mass is 10.0. The maximum Gasteiger partial charge on any atom is 0.311 e. The van der Waals surface area contributed by atoms with Gasteiger partial charge in [-0.05, 0) is 5.56 Å². The fourth-order valence-corrected chi connectivity index (χ4v) is 1.68. The van der Waals surface area contributed by atoms with Gasteiger partial charge in [-0.15, -0.1) is 0 Å². The minimum atomic E-state index is -0.918. The Morgan fingerprint density at radius 3 is 2.77 bits per heavy atom. The van der Waals surface area contributed by atoms with Gasteiger partial charge >= 0.3 is 5.97 Å². The van der Waals surface area contributed by atoms with Crippen LogP contribution < -0.4 is 0 Å². The van der Waals surface area contributed by atoms with E-state index in [0.29, 0.717) is 11.1 Å². The number of ketones is 1. The van der Waals surface area contributed by atoms with Crippen molar-refractivity contribution in [3.8, 4) is 0 Å². The Balaban J connectivity index is 2.53. The van der Waals surface area contributed by atoms with E-state index in [0.717, 1.165) is 0 Å². The lowest BCUT2D eigenvalue weighted by molar-refractivity contribution is -0.138. The van der Waals surface area contributed by atoms with Crippen LogP contribution in [0.15, 0.2) is 24.3 Å². The quantitative estimate of drug-likeness (QED) is 0.704. The number of aliphatic carboxylic acids is 1. The molecule has 1 aliphatic rings. The molecule has 0 heterocycles. The van der Waals surface area contributed by atoms with E-state index in [1.807, 2.05) is 0 Å². The normalized spacial score (nSPS) is 20.0. The summed E-state index contributed by atoms with van der Waals surface area (Å²) in [6.45, 7) is 0. The molecule has 0 saturated heterocycles. The predicted octanol–water partition coefficient (Wildman–Crippen LogP) is 1.44. The van der Waals surface area contributed by atoms with Crippen molar-refractivity contribution in [3.05, 3.63) is 35.4 Å². The SMILES string of the molecule is O=C1C[C@H](C(=O)O)c2ccccc21. The first-order chi connectivity index (χ1) is 6.20. The molecule has 1 aromatic rings. The van der Waals surface area contributed by atoms with Gasteiger partial charge in [-0.2, -0.15) is 0 Å². The van der Waals surface area contributed by atoms with Gasteiger partial charge in [-0.1, -0.05) is 24.3 Å². The molecule has 1 atom stereocenters. The van der Waals surface area contributed by atoms with Crippen LogP contribution in [-0.2, 0) is 4.79 Å². The van der Waals surface area contributed by atoms with Gasteiger partial charge in [0.1, 0.15) is 0 Å². The smallest absolute Gasteiger partial charge is 0.311 e. The number of carboxylic acid groups (broad SMARTS) is 1. The van der Waals surface area contributed by atoms with Crippen LogP contribution in [0.3, 0.4) is 0 Å². The van der Waals surface area contributed by atoms with E-state index >= 15 is 0 Å². The molecule has 3 nitrogen and oxygen atoms in total. The maximum absolute atomic E-state index is 11.3. The van der Waals surface area contributed by atoms with Crippen molar-refractivity contribution < 1.29 is 14.7 Å². The molecule has 13 heavy (non-hydrogen) atoms. The summed E-state index contributed by atoms with van der Waals surface area (Å²) in [4.78, 5) is 22.1. The van der Waals surface area contributed by atoms with Crippen molar-refractivity contribution in [1.29, 1.82) is 0 Å². The maximum atomic E-state index is 11.3. The Labute approximate surface area is 75.0 Å². The van der Waals surface area contributed by atoms with Crippen LogP contribution >= 0.6 is 0 Å². The molecule has 1 aliphatic carbocycles. The van der Waals surface area contributed by atoms with E-state index in [1.165, 1.54) is 0 Å². The zero-order chi connectivity index (χ0) is 9.42. The van der Waals surface area contributed by atoms with Crippen LogP contribution in [0, 0.1) is 0 Å². The molecule has 3 heteroatoms. The molecule has 0 radical (unpaired) electrons. The molecule has 0 amide bonds. The Bertz CT molecular complexity index is 382. The summed E-state index contributed by atoms with van der Waals surface area (Å²) in [5.41, 5.74) is 1.22. The Kier molecular flexibility index (Phi) is 1.65. The van der Waals surface area contributed by atoms with Crippen LogP contribution in [-0.4, -0.2) is 16.9 Å². The molecule has 0 bridgehead atoms. The van der Waals surface area contributed by atoms with Crippen molar-refractivity contribution in [2.24, 2.45) is 0 Å². The van der Waals surface area contributed by atoms with Gasteiger partial charge in [0.05, 0.1) is 5.92 Å². The molecule has 1 N–H and O–H groups in total. The standard InChI is InChI=1S/C10H8O3/c11-9-5-8(10(12)13)6-3-1-2-4-7(6)9/h1-4,8H,5H2,(H,12,13)/t8-/m0/s1. The van der Waals surface area contributed by atoms with Gasteiger partial charge in [-0.25, -0.2) is 0 Å². The van der Waals surface area contributed by atoms with Gasteiger partial charge in [0.15, 0.2) is 5.78 Å². The molecule has 0 spiro atoms. The second-order valence-corrected chi connectivity index (χ2v) is 3.11. The first-order valence-electron chi connectivity index (χ1n) is 4.05. The minimum Gasteiger partial charge on any atom is -0.481 e. The van der Waals surface area contributed by atoms with Crippen LogP contribution in [0.4, 0.5) is 0 Å². The predicted molar refractivity (Wildman–Crippen MR) is 45.8 cm³/mol. The topological polar surface area (TPSA) is 54.4 Å². The average molecular weight is 176 g/mol. The summed E-state index contributed by atoms with van der Waals surface area (Å²) < 4.78 is 0. The third kappa shape index (κ3) is 1.13. The van der Waals surface area contributed by atoms with Crippen LogP contribution in [0.2, 0.25) is 0 Å². The number of carboxylic acids is 1. The Morgan fingerprint density at radius 1 is 1.38 bits per heavy atom. The van der Waals surface area contributed by atoms with Gasteiger partial charge in [-0.3, -0.25) is 9.59 Å². The van der Waals surface area contributed by atoms with Crippen LogP contribution in [0.25, 0.3) is 0 Å². The lowest BCUT2D eigenvalue weighted by Gasteiger charge is -2.02. The van der Waals surface area contributed by atoms with E-state index in [9.17, 15) is 9.59 Å². The van der Waals surface area contributed by atoms with Crippen molar-refractivity contribution in [2.45, 2.75) is 12.3 Å². The van der Waals surface area contributed by atoms with Gasteiger partial charge < -0.3 is 5.11 Å². The van der Waals surface area contributed by atoms with E-state index in [-0.39, 0.29) is 12.2 Å². The first kappa shape index (κ1) is 7.98. The number of Topliss-reactive ketones (excluding diaryl/α,β-unsaturated/α-hetero) is 1. The summed E-state index contributed by atoms with van der Waals surface area (Å²) in [5, 5.41) is 8.83. The zero-order valence-electron chi connectivity index (χ0n) is 6.86. The summed E-state index contributed by atoms with van der Waals surface area (Å²) in [5.74, 6) is -1.62. The monoisotopic (exact) mass is 176 g/mol. The third-order valence-corrected chi connectivity index (χ3v) is 2.32. The number of carbonyl (C=O) groups is 2. The first-order valence-corrected chi connectivity index (χ1v) is 4.05. The second-order valence-electron chi connectivity index (χ2n) is 3.11. The summed E-state index contributed by atoms with van der Waals surface area (Å²) in [7, 11) is 0. The van der Waals surface area contributed by atoms with E-state index in [1.54, 1.807) is 24.3 Å². The van der Waals surface area contributed by atoms with Crippen LogP contribution in [0.1, 0.15) is 28.3 Å². The number of rotatable bonds is 1. The molecule has 0 aliphatic heterocycles. The fourth-order valence-electron chi connectivity index (χ4n) is 1.68. The van der Waals surface area contributed by atoms with Gasteiger partial charge in [0.25, 0.3) is 0 Å². The molecular weight excluding hydrogens is 168 g/mol. The highest BCUT2D eigenvalue weighted by atomic mass is 16.4. The molecule has 0 fully saturated rings. The van der Waals surface area contributed by atoms with Gasteiger partial charge in [0, 0.05) is 12.0 Å². The Morgan fingerprint density at radius 2 is 2.08 bits per heavy atom. The summed E-state index contributed by atoms with van der Waals surface area (Å²) in [6, 6.07) is 6.90. The molecule has 66 valence electrons. The Hall–Kier alpha value is -1.64. The van der Waals surface area contributed by atoms with Crippen LogP contribution in [0.5, 0.6) is 0 Å². The van der Waals surface area contributed by atoms with E-state index < -0.39 is 11.9 Å². The van der Waals surface area contributed by atoms with E-state index in [4.69, 9.17) is 5.11 Å². The number of hydrogen-bond acceptors (Lipinski definition) is 2. The lowest BCUT2D eigenvalue weighted by Crippen LogP contribution is -2.08. The largest absolute Gasteiger partial charge is 0.481 e. The fraction of sp³-hybridized carbons (Fsp3) is 0.200. The molecule has 2 rings (SSSR count). The van der Waals surface area contributed by atoms with E-state index in [2.05, 4.69) is 0 Å². The molecule has 1 aromatic carbocycles. The number of benzene rings is 1. The molecular formula is C10H8O3.